The van der Waals surface area contributed by atoms with Gasteiger partial charge in [-0.25, -0.2) is 0 Å². The zero-order valence-electron chi connectivity index (χ0n) is 63.9. The number of Topliss-reactive ketones (excluding diaryl/α,β-unsaturated/α-hetero) is 2. The van der Waals surface area contributed by atoms with Gasteiger partial charge in [0.25, 0.3) is 0 Å². The average molecular weight is 1580 g/mol. The summed E-state index contributed by atoms with van der Waals surface area (Å²) in [6.07, 6.45) is -2.06. The Morgan fingerprint density at radius 3 is 1.24 bits per heavy atom. The number of carboxylic acid groups (broad SMARTS) is 7. The monoisotopic (exact) mass is 1580 g/mol. The second-order valence-electron chi connectivity index (χ2n) is 28.3. The SMILES string of the molecule is C=C(O)CN1CCN(CC(=O)O)CCN(C(CCC(=O)NC(CNC(=O)CCC(C(=O)O)N2CCN(CC(=O)O)CCN(CC(=O)O)CCN(CC(=O)O)CC2)C(=O)NCc2ccc(CCC(=O)[C@H](CCC(N)=O)NC(=O)[C@@H](CC(=O)[C@H](Cc3ccc(O)cc3)NC(C)=O)C(C)CC)cc2)C(=O)O)CCN(CC(=O)O)CC1. The molecule has 7 atom stereocenters. The summed E-state index contributed by atoms with van der Waals surface area (Å²) in [7, 11) is 0. The molecule has 2 aliphatic heterocycles. The number of aromatic hydroxyl groups is 1. The van der Waals surface area contributed by atoms with Gasteiger partial charge in [-0.1, -0.05) is 63.2 Å². The largest absolute Gasteiger partial charge is 0.512 e. The van der Waals surface area contributed by atoms with E-state index >= 15 is 0 Å². The number of phenols is 1. The minimum Gasteiger partial charge on any atom is -0.512 e. The number of carbonyl (C=O) groups excluding carboxylic acids is 8. The van der Waals surface area contributed by atoms with Crippen LogP contribution < -0.4 is 32.3 Å². The summed E-state index contributed by atoms with van der Waals surface area (Å²) in [6.45, 7) is 5.82. The van der Waals surface area contributed by atoms with Crippen LogP contribution in [0.4, 0.5) is 0 Å². The van der Waals surface area contributed by atoms with Crippen LogP contribution in [0.1, 0.15) is 95.2 Å². The second kappa shape index (κ2) is 49.3. The van der Waals surface area contributed by atoms with Crippen molar-refractivity contribution in [3.8, 4) is 5.75 Å². The van der Waals surface area contributed by atoms with E-state index in [0.717, 1.165) is 0 Å². The molecule has 2 aromatic rings. The number of hydrogen-bond acceptors (Lipinski definition) is 25. The van der Waals surface area contributed by atoms with Crippen molar-refractivity contribution in [1.82, 2.24) is 65.8 Å². The number of nitrogens with one attached hydrogen (secondary N) is 5. The van der Waals surface area contributed by atoms with Crippen molar-refractivity contribution in [3.05, 3.63) is 77.6 Å². The van der Waals surface area contributed by atoms with Crippen LogP contribution >= 0.6 is 0 Å². The first-order valence-corrected chi connectivity index (χ1v) is 37.3. The molecule has 112 heavy (non-hydrogen) atoms. The summed E-state index contributed by atoms with van der Waals surface area (Å²) in [6, 6.07) is 5.95. The van der Waals surface area contributed by atoms with Gasteiger partial charge in [0.1, 0.15) is 23.9 Å². The number of nitrogens with zero attached hydrogens (tertiary/aromatic N) is 8. The number of carboxylic acids is 7. The van der Waals surface area contributed by atoms with Crippen LogP contribution in [0.5, 0.6) is 5.75 Å². The lowest BCUT2D eigenvalue weighted by atomic mass is 9.84. The molecule has 4 unspecified atom stereocenters. The Balaban J connectivity index is 1.58. The van der Waals surface area contributed by atoms with E-state index in [-0.39, 0.29) is 180 Å². The second-order valence-corrected chi connectivity index (χ2v) is 28.3. The average Bonchev–Trinajstić information content (AvgIpc) is 0.835. The number of phenolic OH excluding ortho intramolecular Hbond substituents is 1. The van der Waals surface area contributed by atoms with Gasteiger partial charge in [0.05, 0.1) is 57.1 Å². The van der Waals surface area contributed by atoms with E-state index in [1.165, 1.54) is 43.6 Å². The topological polar surface area (TPSA) is 550 Å². The molecule has 2 aliphatic rings. The zero-order valence-corrected chi connectivity index (χ0v) is 63.9. The number of rotatable bonds is 45. The van der Waals surface area contributed by atoms with Crippen LogP contribution in [0, 0.1) is 11.8 Å². The van der Waals surface area contributed by atoms with Crippen molar-refractivity contribution < 1.29 is 118 Å². The maximum atomic E-state index is 14.4. The number of aliphatic hydroxyl groups excluding tert-OH is 1. The molecule has 4 rings (SSSR count). The number of benzene rings is 2. The van der Waals surface area contributed by atoms with Gasteiger partial charge in [0.2, 0.25) is 35.4 Å². The van der Waals surface area contributed by atoms with E-state index < -0.39 is 183 Å². The molecule has 0 bridgehead atoms. The van der Waals surface area contributed by atoms with Crippen molar-refractivity contribution in [1.29, 1.82) is 0 Å². The van der Waals surface area contributed by atoms with E-state index in [0.29, 0.717) is 23.1 Å². The number of aliphatic carboxylic acids is 7. The summed E-state index contributed by atoms with van der Waals surface area (Å²) in [4.78, 5) is 207. The molecule has 38 heteroatoms. The third-order valence-electron chi connectivity index (χ3n) is 19.6. The van der Waals surface area contributed by atoms with Crippen molar-refractivity contribution in [2.75, 3.05) is 151 Å². The zero-order chi connectivity index (χ0) is 83.1. The molecule has 2 saturated heterocycles. The minimum absolute atomic E-state index is 0.00000252. The normalized spacial score (nSPS) is 17.4. The van der Waals surface area contributed by atoms with Crippen LogP contribution in [-0.4, -0.2) is 355 Å². The molecule has 2 fully saturated rings. The molecular weight excluding hydrogens is 1470 g/mol. The Labute approximate surface area is 649 Å². The summed E-state index contributed by atoms with van der Waals surface area (Å²) in [5.41, 5.74) is 7.24. The van der Waals surface area contributed by atoms with Gasteiger partial charge in [-0.2, -0.15) is 0 Å². The fourth-order valence-electron chi connectivity index (χ4n) is 13.1. The lowest BCUT2D eigenvalue weighted by molar-refractivity contribution is -0.145. The molecule has 0 aromatic heterocycles. The van der Waals surface area contributed by atoms with Gasteiger partial charge in [-0.05, 0) is 66.8 Å². The first-order chi connectivity index (χ1) is 53.0. The lowest BCUT2D eigenvalue weighted by Crippen LogP contribution is -2.53. The smallest absolute Gasteiger partial charge is 0.320 e. The van der Waals surface area contributed by atoms with Crippen LogP contribution in [-0.2, 0) is 91.3 Å². The number of ketones is 2. The fraction of sp³-hybridized carbons (Fsp3) is 0.608. The van der Waals surface area contributed by atoms with Crippen LogP contribution in [0.3, 0.4) is 0 Å². The Kier molecular flexibility index (Phi) is 41.5. The van der Waals surface area contributed by atoms with E-state index in [1.54, 1.807) is 58.0 Å². The molecule has 2 aromatic carbocycles. The molecule has 0 radical (unpaired) electrons. The summed E-state index contributed by atoms with van der Waals surface area (Å²) in [5, 5.41) is 103. The highest BCUT2D eigenvalue weighted by molar-refractivity contribution is 5.95. The quantitative estimate of drug-likeness (QED) is 0.0308. The molecule has 16 N–H and O–H groups in total. The van der Waals surface area contributed by atoms with Gasteiger partial charge in [-0.15, -0.1) is 0 Å². The highest BCUT2D eigenvalue weighted by Gasteiger charge is 2.36. The van der Waals surface area contributed by atoms with E-state index in [1.807, 2.05) is 6.92 Å². The molecule has 0 spiro atoms. The predicted molar refractivity (Wildman–Crippen MR) is 402 cm³/mol. The number of aliphatic hydroxyl groups is 1. The van der Waals surface area contributed by atoms with Gasteiger partial charge in [0.15, 0.2) is 11.6 Å². The van der Waals surface area contributed by atoms with Crippen molar-refractivity contribution in [3.63, 3.8) is 0 Å². The Morgan fingerprint density at radius 1 is 0.446 bits per heavy atom. The first-order valence-electron chi connectivity index (χ1n) is 37.3. The Morgan fingerprint density at radius 2 is 0.848 bits per heavy atom. The number of nitrogens with two attached hydrogens (primary N) is 1. The van der Waals surface area contributed by atoms with Crippen molar-refractivity contribution in [2.24, 2.45) is 17.6 Å². The van der Waals surface area contributed by atoms with E-state index in [4.69, 9.17) is 5.73 Å². The lowest BCUT2D eigenvalue weighted by Gasteiger charge is -2.35. The first kappa shape index (κ1) is 94.3. The highest BCUT2D eigenvalue weighted by atomic mass is 16.4. The molecular formula is C74H112N14O24. The number of aryl methyl sites for hydroxylation is 1. The molecule has 0 aliphatic carbocycles. The third-order valence-corrected chi connectivity index (χ3v) is 19.6. The fourth-order valence-corrected chi connectivity index (χ4v) is 13.1. The minimum atomic E-state index is -1.60. The summed E-state index contributed by atoms with van der Waals surface area (Å²) >= 11 is 0. The predicted octanol–water partition coefficient (Wildman–Crippen LogP) is -2.37. The summed E-state index contributed by atoms with van der Waals surface area (Å²) < 4.78 is 0. The highest BCUT2D eigenvalue weighted by Crippen LogP contribution is 2.24. The third kappa shape index (κ3) is 37.3. The van der Waals surface area contributed by atoms with Gasteiger partial charge in [-0.3, -0.25) is 111 Å². The number of hydrogen-bond donors (Lipinski definition) is 15. The molecule has 6 amide bonds. The Hall–Kier alpha value is -10.1. The number of primary amides is 1. The summed E-state index contributed by atoms with van der Waals surface area (Å²) in [5.74, 6) is -15.5. The maximum Gasteiger partial charge on any atom is 0.320 e. The van der Waals surface area contributed by atoms with Crippen LogP contribution in [0.25, 0.3) is 0 Å². The van der Waals surface area contributed by atoms with E-state index in [2.05, 4.69) is 33.2 Å². The van der Waals surface area contributed by atoms with Crippen LogP contribution in [0.2, 0.25) is 0 Å². The van der Waals surface area contributed by atoms with Crippen molar-refractivity contribution in [2.45, 2.75) is 128 Å². The molecule has 622 valence electrons. The maximum absolute atomic E-state index is 14.4. The van der Waals surface area contributed by atoms with Gasteiger partial charge in [0, 0.05) is 163 Å². The van der Waals surface area contributed by atoms with Crippen LogP contribution in [0.15, 0.2) is 60.9 Å². The van der Waals surface area contributed by atoms with E-state index in [9.17, 15) is 118 Å². The molecule has 2 heterocycles. The number of amides is 6. The Bertz CT molecular complexity index is 3450. The molecule has 38 nitrogen and oxygen atoms in total. The molecule has 0 saturated carbocycles. The standard InChI is InChI=1S/C74H112N14O24/c1-5-48(2)55(39-62(93)57(78-50(4)90)38-52-10-13-54(91)14-11-52)71(107)80-56(15-19-63(75)94)61(92)18-12-51-6-8-53(9-7-51)40-77-72(108)58(79-65(96)21-17-60(74(111)112)88-36-30-83(44-67(99)100)24-22-81(42-49(3)89)23-25-84(31-37-88)45-68(101)102)41-76-64(95)20-16-59(73(109)110)87-34-32-85(46-69(103)104)28-26-82(43-66(97)98)27-29-86(33-35-87)47-70(105)106/h6-11,13-14,48,55-60,89,91H,3,5,12,15-47H2,1-2,4H3,(H2,75,94)(H,76,95)(H,77,108)(H,78,90)(H,79,96)(H,80,107)(H,97,98)(H,99,100)(H,101,102)(H,103,104)(H,105,106)(H,109,110)(H,111,112)/t48?,55-,56-,57-,58?,59?,60?/m0/s1. The van der Waals surface area contributed by atoms with Gasteiger partial charge >= 0.3 is 41.8 Å². The van der Waals surface area contributed by atoms with Gasteiger partial charge < -0.3 is 78.3 Å². The number of carbonyl (C=O) groups is 15. The van der Waals surface area contributed by atoms with Crippen molar-refractivity contribution >= 4 is 88.8 Å².